The summed E-state index contributed by atoms with van der Waals surface area (Å²) in [5.41, 5.74) is 1.09. The Hall–Kier alpha value is -1.03. The number of rotatable bonds is 1. The van der Waals surface area contributed by atoms with Crippen molar-refractivity contribution in [2.75, 3.05) is 13.1 Å². The highest BCUT2D eigenvalue weighted by molar-refractivity contribution is 5.10. The predicted molar refractivity (Wildman–Crippen MR) is 63.4 cm³/mol. The van der Waals surface area contributed by atoms with Crippen LogP contribution in [-0.2, 0) is 5.41 Å². The van der Waals surface area contributed by atoms with Gasteiger partial charge in [-0.25, -0.2) is 4.98 Å². The van der Waals surface area contributed by atoms with Gasteiger partial charge in [0.05, 0.1) is 11.9 Å². The second kappa shape index (κ2) is 4.45. The van der Waals surface area contributed by atoms with Crippen LogP contribution in [0.25, 0.3) is 0 Å². The lowest BCUT2D eigenvalue weighted by Gasteiger charge is -2.23. The minimum Gasteiger partial charge on any atom is -0.317 e. The number of nitrogens with zero attached hydrogens (tertiary/aromatic N) is 3. The minimum atomic E-state index is 0.0532. The fourth-order valence-corrected chi connectivity index (χ4v) is 1.93. The van der Waals surface area contributed by atoms with E-state index in [1.54, 1.807) is 6.20 Å². The number of piperidine rings is 1. The lowest BCUT2D eigenvalue weighted by molar-refractivity contribution is 0.435. The molecule has 1 aromatic rings. The molecule has 16 heavy (non-hydrogen) atoms. The summed E-state index contributed by atoms with van der Waals surface area (Å²) in [4.78, 5) is 4.67. The maximum Gasteiger partial charge on any atom is 0.154 e. The van der Waals surface area contributed by atoms with Gasteiger partial charge in [-0.2, -0.15) is 5.10 Å². The van der Waals surface area contributed by atoms with Gasteiger partial charge in [0.1, 0.15) is 0 Å². The summed E-state index contributed by atoms with van der Waals surface area (Å²) >= 11 is 0. The molecule has 4 nitrogen and oxygen atoms in total. The molecule has 1 fully saturated rings. The average molecular weight is 220 g/mol. The van der Waals surface area contributed by atoms with Crippen molar-refractivity contribution in [1.82, 2.24) is 20.5 Å². The van der Waals surface area contributed by atoms with Crippen molar-refractivity contribution in [3.8, 4) is 0 Å². The molecule has 2 rings (SSSR count). The Labute approximate surface area is 96.9 Å². The molecule has 88 valence electrons. The average Bonchev–Trinajstić information content (AvgIpc) is 2.29. The number of hydrogen-bond acceptors (Lipinski definition) is 4. The van der Waals surface area contributed by atoms with Gasteiger partial charge in [0.2, 0.25) is 0 Å². The van der Waals surface area contributed by atoms with Crippen LogP contribution < -0.4 is 5.32 Å². The topological polar surface area (TPSA) is 50.7 Å². The normalized spacial score (nSPS) is 18.7. The van der Waals surface area contributed by atoms with Gasteiger partial charge in [-0.05, 0) is 25.9 Å². The van der Waals surface area contributed by atoms with E-state index in [0.717, 1.165) is 37.4 Å². The molecule has 0 aromatic carbocycles. The van der Waals surface area contributed by atoms with Crippen LogP contribution >= 0.6 is 0 Å². The van der Waals surface area contributed by atoms with E-state index in [1.807, 2.05) is 0 Å². The SMILES string of the molecule is CC(C)(C)c1cnnc(C2CCNCC2)n1. The first-order chi connectivity index (χ1) is 7.57. The van der Waals surface area contributed by atoms with E-state index < -0.39 is 0 Å². The van der Waals surface area contributed by atoms with Crippen molar-refractivity contribution in [2.24, 2.45) is 0 Å². The molecule has 0 saturated carbocycles. The van der Waals surface area contributed by atoms with Gasteiger partial charge >= 0.3 is 0 Å². The third kappa shape index (κ3) is 2.55. The predicted octanol–water partition coefficient (Wildman–Crippen LogP) is 1.64. The first kappa shape index (κ1) is 11.5. The van der Waals surface area contributed by atoms with Crippen molar-refractivity contribution in [3.05, 3.63) is 17.7 Å². The maximum atomic E-state index is 4.67. The molecule has 0 atom stereocenters. The summed E-state index contributed by atoms with van der Waals surface area (Å²) in [5, 5.41) is 11.6. The molecule has 1 aliphatic rings. The summed E-state index contributed by atoms with van der Waals surface area (Å²) in [6.07, 6.45) is 4.02. The fraction of sp³-hybridized carbons (Fsp3) is 0.750. The molecule has 1 saturated heterocycles. The summed E-state index contributed by atoms with van der Waals surface area (Å²) < 4.78 is 0. The van der Waals surface area contributed by atoms with Gasteiger partial charge in [0.25, 0.3) is 0 Å². The molecule has 4 heteroatoms. The monoisotopic (exact) mass is 220 g/mol. The standard InChI is InChI=1S/C12H20N4/c1-12(2,3)10-8-14-16-11(15-10)9-4-6-13-7-5-9/h8-9,13H,4-7H2,1-3H3. The lowest BCUT2D eigenvalue weighted by atomic mass is 9.92. The molecule has 0 radical (unpaired) electrons. The third-order valence-electron chi connectivity index (χ3n) is 3.05. The van der Waals surface area contributed by atoms with Gasteiger partial charge in [-0.3, -0.25) is 0 Å². The van der Waals surface area contributed by atoms with Gasteiger partial charge in [-0.1, -0.05) is 20.8 Å². The van der Waals surface area contributed by atoms with Crippen LogP contribution in [0.2, 0.25) is 0 Å². The van der Waals surface area contributed by atoms with Crippen LogP contribution in [0.5, 0.6) is 0 Å². The molecule has 1 aromatic heterocycles. The van der Waals surface area contributed by atoms with Crippen LogP contribution in [0.1, 0.15) is 51.0 Å². The highest BCUT2D eigenvalue weighted by atomic mass is 15.1. The van der Waals surface area contributed by atoms with Gasteiger partial charge in [-0.15, -0.1) is 5.10 Å². The Kier molecular flexibility index (Phi) is 3.19. The summed E-state index contributed by atoms with van der Waals surface area (Å²) in [7, 11) is 0. The van der Waals surface area contributed by atoms with E-state index in [9.17, 15) is 0 Å². The van der Waals surface area contributed by atoms with E-state index in [2.05, 4.69) is 41.3 Å². The van der Waals surface area contributed by atoms with Crippen molar-refractivity contribution < 1.29 is 0 Å². The molecule has 0 aliphatic carbocycles. The summed E-state index contributed by atoms with van der Waals surface area (Å²) in [6, 6.07) is 0. The summed E-state index contributed by atoms with van der Waals surface area (Å²) in [6.45, 7) is 8.59. The highest BCUT2D eigenvalue weighted by Gasteiger charge is 2.22. The molecular weight excluding hydrogens is 200 g/mol. The van der Waals surface area contributed by atoms with E-state index >= 15 is 0 Å². The van der Waals surface area contributed by atoms with E-state index in [4.69, 9.17) is 0 Å². The molecule has 1 N–H and O–H groups in total. The minimum absolute atomic E-state index is 0.0532. The molecule has 0 amide bonds. The Morgan fingerprint density at radius 1 is 1.25 bits per heavy atom. The van der Waals surface area contributed by atoms with Gasteiger partial charge in [0, 0.05) is 11.3 Å². The Morgan fingerprint density at radius 2 is 1.94 bits per heavy atom. The van der Waals surface area contributed by atoms with Crippen LogP contribution in [0.15, 0.2) is 6.20 Å². The van der Waals surface area contributed by atoms with Gasteiger partial charge < -0.3 is 5.32 Å². The Bertz CT molecular complexity index is 350. The number of nitrogens with one attached hydrogen (secondary N) is 1. The van der Waals surface area contributed by atoms with Crippen molar-refractivity contribution in [2.45, 2.75) is 44.9 Å². The van der Waals surface area contributed by atoms with E-state index in [1.165, 1.54) is 0 Å². The van der Waals surface area contributed by atoms with E-state index in [0.29, 0.717) is 5.92 Å². The zero-order chi connectivity index (χ0) is 11.6. The second-order valence-electron chi connectivity index (χ2n) is 5.47. The van der Waals surface area contributed by atoms with Crippen LogP contribution in [-0.4, -0.2) is 28.3 Å². The smallest absolute Gasteiger partial charge is 0.154 e. The second-order valence-corrected chi connectivity index (χ2v) is 5.47. The number of aromatic nitrogens is 3. The van der Waals surface area contributed by atoms with Crippen LogP contribution in [0, 0.1) is 0 Å². The number of hydrogen-bond donors (Lipinski definition) is 1. The molecular formula is C12H20N4. The lowest BCUT2D eigenvalue weighted by Crippen LogP contribution is -2.28. The molecule has 0 spiro atoms. The van der Waals surface area contributed by atoms with Crippen molar-refractivity contribution in [1.29, 1.82) is 0 Å². The Balaban J connectivity index is 2.21. The maximum absolute atomic E-state index is 4.67. The van der Waals surface area contributed by atoms with Crippen LogP contribution in [0.4, 0.5) is 0 Å². The highest BCUT2D eigenvalue weighted by Crippen LogP contribution is 2.24. The fourth-order valence-electron chi connectivity index (χ4n) is 1.93. The van der Waals surface area contributed by atoms with Crippen LogP contribution in [0.3, 0.4) is 0 Å². The molecule has 0 unspecified atom stereocenters. The largest absolute Gasteiger partial charge is 0.317 e. The third-order valence-corrected chi connectivity index (χ3v) is 3.05. The summed E-state index contributed by atoms with van der Waals surface area (Å²) in [5.74, 6) is 1.41. The first-order valence-electron chi connectivity index (χ1n) is 5.98. The van der Waals surface area contributed by atoms with Crippen molar-refractivity contribution >= 4 is 0 Å². The quantitative estimate of drug-likeness (QED) is 0.781. The zero-order valence-corrected chi connectivity index (χ0v) is 10.3. The Morgan fingerprint density at radius 3 is 2.56 bits per heavy atom. The zero-order valence-electron chi connectivity index (χ0n) is 10.3. The molecule has 2 heterocycles. The van der Waals surface area contributed by atoms with E-state index in [-0.39, 0.29) is 5.41 Å². The molecule has 0 bridgehead atoms. The van der Waals surface area contributed by atoms with Gasteiger partial charge in [0.15, 0.2) is 5.82 Å². The molecule has 1 aliphatic heterocycles. The van der Waals surface area contributed by atoms with Crippen molar-refractivity contribution in [3.63, 3.8) is 0 Å². The first-order valence-corrected chi connectivity index (χ1v) is 5.98.